The molecular formula is C21H14BrF2N3O3S. The molecule has 0 spiro atoms. The first kappa shape index (κ1) is 20.1. The molecular weight excluding hydrogens is 492 g/mol. The van der Waals surface area contributed by atoms with Crippen molar-refractivity contribution >= 4 is 37.9 Å². The van der Waals surface area contributed by atoms with E-state index in [1.807, 2.05) is 0 Å². The van der Waals surface area contributed by atoms with Crippen LogP contribution in [0.25, 0.3) is 16.7 Å². The minimum absolute atomic E-state index is 0.0598. The van der Waals surface area contributed by atoms with Crippen molar-refractivity contribution in [2.45, 2.75) is 24.3 Å². The fourth-order valence-electron chi connectivity index (χ4n) is 3.96. The summed E-state index contributed by atoms with van der Waals surface area (Å²) in [5.41, 5.74) is -0.0520. The van der Waals surface area contributed by atoms with Crippen LogP contribution in [0.15, 0.2) is 67.5 Å². The lowest BCUT2D eigenvalue weighted by Gasteiger charge is -2.08. The molecule has 1 unspecified atom stereocenters. The van der Waals surface area contributed by atoms with Gasteiger partial charge in [-0.3, -0.25) is 9.36 Å². The highest BCUT2D eigenvalue weighted by atomic mass is 79.9. The molecule has 2 aromatic carbocycles. The summed E-state index contributed by atoms with van der Waals surface area (Å²) in [5, 5.41) is 0. The Labute approximate surface area is 185 Å². The number of benzene rings is 2. The average Bonchev–Trinajstić information content (AvgIpc) is 3.32. The predicted molar refractivity (Wildman–Crippen MR) is 116 cm³/mol. The lowest BCUT2D eigenvalue weighted by Crippen LogP contribution is -2.26. The van der Waals surface area contributed by atoms with E-state index in [-0.39, 0.29) is 21.7 Å². The van der Waals surface area contributed by atoms with E-state index in [1.165, 1.54) is 30.3 Å². The molecule has 0 fully saturated rings. The van der Waals surface area contributed by atoms with Crippen molar-refractivity contribution in [2.75, 3.05) is 0 Å². The van der Waals surface area contributed by atoms with Crippen LogP contribution in [0.5, 0.6) is 0 Å². The van der Waals surface area contributed by atoms with Gasteiger partial charge in [-0.2, -0.15) is 0 Å². The summed E-state index contributed by atoms with van der Waals surface area (Å²) in [7, 11) is -2.03. The van der Waals surface area contributed by atoms with Gasteiger partial charge in [0.1, 0.15) is 17.2 Å². The molecule has 0 saturated carbocycles. The number of hydrogen-bond acceptors (Lipinski definition) is 3. The highest BCUT2D eigenvalue weighted by Gasteiger charge is 2.27. The van der Waals surface area contributed by atoms with Gasteiger partial charge in [0.15, 0.2) is 11.0 Å². The van der Waals surface area contributed by atoms with E-state index in [9.17, 15) is 22.6 Å². The molecule has 31 heavy (non-hydrogen) atoms. The summed E-state index contributed by atoms with van der Waals surface area (Å²) in [6.45, 7) is 0.485. The molecule has 0 bridgehead atoms. The molecule has 2 aromatic heterocycles. The van der Waals surface area contributed by atoms with E-state index < -0.39 is 28.3 Å². The van der Waals surface area contributed by atoms with Gasteiger partial charge in [0.05, 0.1) is 16.1 Å². The summed E-state index contributed by atoms with van der Waals surface area (Å²) in [5.74, 6) is -1.18. The summed E-state index contributed by atoms with van der Waals surface area (Å²) < 4.78 is 45.7. The normalized spacial score (nSPS) is 14.2. The molecule has 0 saturated heterocycles. The van der Waals surface area contributed by atoms with Crippen LogP contribution < -0.4 is 11.2 Å². The van der Waals surface area contributed by atoms with Gasteiger partial charge in [-0.25, -0.2) is 21.8 Å². The Bertz CT molecular complexity index is 1510. The van der Waals surface area contributed by atoms with E-state index in [4.69, 9.17) is 0 Å². The van der Waals surface area contributed by atoms with Gasteiger partial charge in [0, 0.05) is 22.8 Å². The van der Waals surface area contributed by atoms with Crippen LogP contribution in [0.1, 0.15) is 12.1 Å². The van der Waals surface area contributed by atoms with Crippen LogP contribution in [-0.4, -0.2) is 17.3 Å². The number of hydrogen-bond donors (Lipinski definition) is 0. The van der Waals surface area contributed by atoms with Crippen LogP contribution in [0, 0.1) is 11.6 Å². The Hall–Kier alpha value is -2.85. The third-order valence-electron chi connectivity index (χ3n) is 5.30. The molecule has 10 heteroatoms. The maximum atomic E-state index is 14.8. The third kappa shape index (κ3) is 3.12. The molecule has 1 aliphatic heterocycles. The van der Waals surface area contributed by atoms with Crippen molar-refractivity contribution in [1.82, 2.24) is 13.1 Å². The fourth-order valence-corrected chi connectivity index (χ4v) is 5.46. The summed E-state index contributed by atoms with van der Waals surface area (Å²) in [4.78, 5) is 26.4. The monoisotopic (exact) mass is 505 g/mol. The number of imidazole rings is 1. The minimum Gasteiger partial charge on any atom is -0.310 e. The van der Waals surface area contributed by atoms with E-state index in [1.54, 1.807) is 10.6 Å². The second-order valence-corrected chi connectivity index (χ2v) is 9.38. The molecule has 3 heterocycles. The van der Waals surface area contributed by atoms with Gasteiger partial charge in [-0.05, 0) is 55.3 Å². The van der Waals surface area contributed by atoms with Crippen molar-refractivity contribution in [1.29, 1.82) is 0 Å². The fraction of sp³-hybridized carbons (Fsp3) is 0.143. The Kier molecular flexibility index (Phi) is 4.78. The summed E-state index contributed by atoms with van der Waals surface area (Å²) >= 11 is 3.19. The first-order chi connectivity index (χ1) is 14.9. The molecule has 0 radical (unpaired) electrons. The van der Waals surface area contributed by atoms with E-state index >= 15 is 0 Å². The molecule has 1 atom stereocenters. The molecule has 1 aliphatic rings. The quantitative estimate of drug-likeness (QED) is 0.427. The highest BCUT2D eigenvalue weighted by Crippen LogP contribution is 2.28. The van der Waals surface area contributed by atoms with Gasteiger partial charge in [-0.15, -0.1) is 0 Å². The number of rotatable bonds is 3. The van der Waals surface area contributed by atoms with Crippen LogP contribution >= 0.6 is 15.9 Å². The van der Waals surface area contributed by atoms with Crippen LogP contribution in [0.4, 0.5) is 8.78 Å². The first-order valence-corrected chi connectivity index (χ1v) is 11.3. The standard InChI is InChI=1S/C21H14BrF2N3O3S/c22-12-3-8-16(15(24)10-12)26-18-11-19(28)25-9-1-2-17(25)20(18)27(21(26)29)31(30)14-6-4-13(23)5-7-14/h3-8,10-11H,1-2,9H2. The first-order valence-electron chi connectivity index (χ1n) is 9.40. The second-order valence-electron chi connectivity index (χ2n) is 7.13. The molecule has 5 rings (SSSR count). The summed E-state index contributed by atoms with van der Waals surface area (Å²) in [6, 6.07) is 10.4. The Balaban J connectivity index is 1.90. The lowest BCUT2D eigenvalue weighted by molar-refractivity contribution is 0.616. The number of aryl methyl sites for hydroxylation is 1. The number of halogens is 3. The van der Waals surface area contributed by atoms with Crippen LogP contribution in [0.3, 0.4) is 0 Å². The van der Waals surface area contributed by atoms with Crippen molar-refractivity contribution in [3.05, 3.63) is 91.2 Å². The Morgan fingerprint density at radius 3 is 2.45 bits per heavy atom. The number of pyridine rings is 1. The van der Waals surface area contributed by atoms with Gasteiger partial charge in [0.2, 0.25) is 0 Å². The summed E-state index contributed by atoms with van der Waals surface area (Å²) in [6.07, 6.45) is 1.21. The lowest BCUT2D eigenvalue weighted by atomic mass is 10.2. The maximum Gasteiger partial charge on any atom is 0.346 e. The van der Waals surface area contributed by atoms with Gasteiger partial charge < -0.3 is 4.57 Å². The minimum atomic E-state index is -2.03. The van der Waals surface area contributed by atoms with Crippen molar-refractivity contribution in [3.63, 3.8) is 0 Å². The Morgan fingerprint density at radius 2 is 1.74 bits per heavy atom. The molecule has 0 N–H and O–H groups in total. The third-order valence-corrected chi connectivity index (χ3v) is 7.14. The Morgan fingerprint density at radius 1 is 1.00 bits per heavy atom. The van der Waals surface area contributed by atoms with Crippen molar-refractivity contribution in [2.24, 2.45) is 0 Å². The molecule has 6 nitrogen and oxygen atoms in total. The second kappa shape index (κ2) is 7.38. The maximum absolute atomic E-state index is 14.8. The molecule has 158 valence electrons. The topological polar surface area (TPSA) is 66.0 Å². The smallest absolute Gasteiger partial charge is 0.310 e. The van der Waals surface area contributed by atoms with E-state index in [0.29, 0.717) is 35.1 Å². The number of fused-ring (bicyclic) bond motifs is 3. The van der Waals surface area contributed by atoms with Gasteiger partial charge in [-0.1, -0.05) is 15.9 Å². The number of nitrogens with zero attached hydrogens (tertiary/aromatic N) is 3. The highest BCUT2D eigenvalue weighted by molar-refractivity contribution is 9.10. The molecule has 4 aromatic rings. The molecule has 0 amide bonds. The van der Waals surface area contributed by atoms with E-state index in [2.05, 4.69) is 15.9 Å². The largest absolute Gasteiger partial charge is 0.346 e. The van der Waals surface area contributed by atoms with E-state index in [0.717, 1.165) is 20.7 Å². The zero-order chi connectivity index (χ0) is 21.9. The van der Waals surface area contributed by atoms with Crippen molar-refractivity contribution in [3.8, 4) is 5.69 Å². The number of aromatic nitrogens is 3. The SMILES string of the molecule is O=c1cc2c(c3n1CCC3)n(S(=O)c1ccc(F)cc1)c(=O)n2-c1ccc(Br)cc1F. The van der Waals surface area contributed by atoms with Gasteiger partial charge in [0.25, 0.3) is 5.56 Å². The zero-order valence-corrected chi connectivity index (χ0v) is 18.3. The van der Waals surface area contributed by atoms with Gasteiger partial charge >= 0.3 is 5.69 Å². The zero-order valence-electron chi connectivity index (χ0n) is 15.8. The molecule has 0 aliphatic carbocycles. The van der Waals surface area contributed by atoms with Crippen LogP contribution in [-0.2, 0) is 24.0 Å². The average molecular weight is 506 g/mol. The van der Waals surface area contributed by atoms with Crippen molar-refractivity contribution < 1.29 is 13.0 Å². The predicted octanol–water partition coefficient (Wildman–Crippen LogP) is 3.51. The van der Waals surface area contributed by atoms with Crippen LogP contribution in [0.2, 0.25) is 0 Å².